The lowest BCUT2D eigenvalue weighted by molar-refractivity contribution is -0.138. The van der Waals surface area contributed by atoms with E-state index in [4.69, 9.17) is 5.73 Å². The normalized spacial score (nSPS) is 19.9. The molecule has 1 amide bonds. The summed E-state index contributed by atoms with van der Waals surface area (Å²) in [4.78, 5) is 17.1. The first-order valence-corrected chi connectivity index (χ1v) is 8.48. The van der Waals surface area contributed by atoms with Gasteiger partial charge in [0.2, 0.25) is 5.91 Å². The van der Waals surface area contributed by atoms with Gasteiger partial charge in [-0.15, -0.1) is 24.8 Å². The van der Waals surface area contributed by atoms with Crippen LogP contribution in [0.3, 0.4) is 0 Å². The number of aryl methyl sites for hydroxylation is 1. The first-order valence-electron chi connectivity index (χ1n) is 8.48. The Balaban J connectivity index is 0.00000144. The number of hydrogen-bond donors (Lipinski definition) is 1. The van der Waals surface area contributed by atoms with Crippen LogP contribution < -0.4 is 10.6 Å². The first kappa shape index (κ1) is 21.1. The Kier molecular flexibility index (Phi) is 7.84. The van der Waals surface area contributed by atoms with Gasteiger partial charge in [0, 0.05) is 31.9 Å². The maximum Gasteiger partial charge on any atom is 0.242 e. The predicted octanol–water partition coefficient (Wildman–Crippen LogP) is 3.15. The van der Waals surface area contributed by atoms with Crippen LogP contribution in [0.5, 0.6) is 0 Å². The molecule has 1 heterocycles. The number of amides is 1. The molecule has 1 saturated heterocycles. The van der Waals surface area contributed by atoms with Crippen molar-refractivity contribution in [3.8, 4) is 0 Å². The molecule has 0 radical (unpaired) electrons. The van der Waals surface area contributed by atoms with Crippen molar-refractivity contribution in [2.45, 2.75) is 44.6 Å². The fourth-order valence-corrected chi connectivity index (χ4v) is 3.70. The maximum absolute atomic E-state index is 12.8. The summed E-state index contributed by atoms with van der Waals surface area (Å²) in [6.45, 7) is 5.47. The molecule has 1 saturated carbocycles. The minimum atomic E-state index is -0.593. The molecule has 1 aliphatic carbocycles. The van der Waals surface area contributed by atoms with Crippen LogP contribution in [0.4, 0.5) is 5.69 Å². The molecule has 0 aromatic heterocycles. The van der Waals surface area contributed by atoms with Gasteiger partial charge in [0.05, 0.1) is 5.54 Å². The number of nitrogens with zero attached hydrogens (tertiary/aromatic N) is 2. The average molecular weight is 374 g/mol. The lowest BCUT2D eigenvalue weighted by Crippen LogP contribution is -2.60. The van der Waals surface area contributed by atoms with Crippen LogP contribution in [-0.4, -0.2) is 42.5 Å². The van der Waals surface area contributed by atoms with Crippen LogP contribution in [0.25, 0.3) is 0 Å². The van der Waals surface area contributed by atoms with Gasteiger partial charge in [-0.3, -0.25) is 4.79 Å². The molecule has 2 fully saturated rings. The summed E-state index contributed by atoms with van der Waals surface area (Å²) in [6, 6.07) is 8.57. The van der Waals surface area contributed by atoms with Gasteiger partial charge in [0.1, 0.15) is 0 Å². The minimum absolute atomic E-state index is 0. The van der Waals surface area contributed by atoms with Crippen molar-refractivity contribution >= 4 is 36.4 Å². The van der Waals surface area contributed by atoms with Gasteiger partial charge in [-0.2, -0.15) is 0 Å². The van der Waals surface area contributed by atoms with E-state index in [1.54, 1.807) is 0 Å². The molecule has 4 nitrogen and oxygen atoms in total. The lowest BCUT2D eigenvalue weighted by atomic mass is 9.81. The van der Waals surface area contributed by atoms with Gasteiger partial charge in [-0.05, 0) is 37.5 Å². The Morgan fingerprint density at radius 2 is 1.67 bits per heavy atom. The Bertz CT molecular complexity index is 539. The fraction of sp³-hybridized carbons (Fsp3) is 0.611. The zero-order chi connectivity index (χ0) is 15.6. The summed E-state index contributed by atoms with van der Waals surface area (Å²) in [6.07, 6.45) is 5.10. The van der Waals surface area contributed by atoms with E-state index in [1.807, 2.05) is 4.90 Å². The highest BCUT2D eigenvalue weighted by atomic mass is 35.5. The molecule has 0 atom stereocenters. The van der Waals surface area contributed by atoms with Crippen molar-refractivity contribution in [3.05, 3.63) is 29.8 Å². The standard InChI is InChI=1S/C18H27N3O.2ClH/c1-15-6-5-7-16(14-15)20-10-12-21(13-11-20)17(22)18(19)8-3-2-4-9-18;;/h5-7,14H,2-4,8-13,19H2,1H3;2*1H. The number of hydrogen-bond acceptors (Lipinski definition) is 3. The Hall–Kier alpha value is -0.970. The monoisotopic (exact) mass is 373 g/mol. The molecule has 2 N–H and O–H groups in total. The topological polar surface area (TPSA) is 49.6 Å². The Morgan fingerprint density at radius 1 is 1.04 bits per heavy atom. The van der Waals surface area contributed by atoms with Crippen molar-refractivity contribution in [2.24, 2.45) is 5.73 Å². The molecule has 1 aromatic carbocycles. The molecular weight excluding hydrogens is 345 g/mol. The summed E-state index contributed by atoms with van der Waals surface area (Å²) in [5.41, 5.74) is 8.33. The second kappa shape index (κ2) is 8.93. The molecular formula is C18H29Cl2N3O. The van der Waals surface area contributed by atoms with Crippen LogP contribution in [0.15, 0.2) is 24.3 Å². The highest BCUT2D eigenvalue weighted by Gasteiger charge is 2.39. The Morgan fingerprint density at radius 3 is 2.25 bits per heavy atom. The quantitative estimate of drug-likeness (QED) is 0.865. The number of anilines is 1. The molecule has 24 heavy (non-hydrogen) atoms. The van der Waals surface area contributed by atoms with Crippen LogP contribution >= 0.6 is 24.8 Å². The predicted molar refractivity (Wildman–Crippen MR) is 104 cm³/mol. The smallest absolute Gasteiger partial charge is 0.242 e. The van der Waals surface area contributed by atoms with E-state index < -0.39 is 5.54 Å². The molecule has 0 unspecified atom stereocenters. The lowest BCUT2D eigenvalue weighted by Gasteiger charge is -2.41. The van der Waals surface area contributed by atoms with E-state index in [0.717, 1.165) is 51.9 Å². The maximum atomic E-state index is 12.8. The fourth-order valence-electron chi connectivity index (χ4n) is 3.70. The van der Waals surface area contributed by atoms with Crippen molar-refractivity contribution in [3.63, 3.8) is 0 Å². The number of halogens is 2. The molecule has 0 bridgehead atoms. The number of nitrogens with two attached hydrogens (primary N) is 1. The summed E-state index contributed by atoms with van der Waals surface area (Å²) in [7, 11) is 0. The van der Waals surface area contributed by atoms with Gasteiger partial charge in [-0.25, -0.2) is 0 Å². The van der Waals surface area contributed by atoms with Crippen molar-refractivity contribution in [2.75, 3.05) is 31.1 Å². The number of carbonyl (C=O) groups excluding carboxylic acids is 1. The van der Waals surface area contributed by atoms with E-state index in [1.165, 1.54) is 17.7 Å². The third kappa shape index (κ3) is 4.56. The zero-order valence-corrected chi connectivity index (χ0v) is 16.0. The molecule has 136 valence electrons. The van der Waals surface area contributed by atoms with Crippen molar-refractivity contribution in [1.82, 2.24) is 4.90 Å². The van der Waals surface area contributed by atoms with Crippen LogP contribution in [0.1, 0.15) is 37.7 Å². The number of rotatable bonds is 2. The van der Waals surface area contributed by atoms with Crippen LogP contribution in [0.2, 0.25) is 0 Å². The second-order valence-electron chi connectivity index (χ2n) is 6.84. The zero-order valence-electron chi connectivity index (χ0n) is 14.4. The molecule has 1 aliphatic heterocycles. The average Bonchev–Trinajstić information content (AvgIpc) is 2.55. The van der Waals surface area contributed by atoms with Gasteiger partial charge >= 0.3 is 0 Å². The van der Waals surface area contributed by atoms with Gasteiger partial charge in [0.15, 0.2) is 0 Å². The van der Waals surface area contributed by atoms with Crippen molar-refractivity contribution in [1.29, 1.82) is 0 Å². The summed E-state index contributed by atoms with van der Waals surface area (Å²) < 4.78 is 0. The summed E-state index contributed by atoms with van der Waals surface area (Å²) in [5.74, 6) is 0.177. The van der Waals surface area contributed by atoms with Crippen LogP contribution in [0, 0.1) is 6.92 Å². The van der Waals surface area contributed by atoms with Gasteiger partial charge < -0.3 is 15.5 Å². The van der Waals surface area contributed by atoms with Crippen molar-refractivity contribution < 1.29 is 4.79 Å². The molecule has 3 rings (SSSR count). The van der Waals surface area contributed by atoms with E-state index in [-0.39, 0.29) is 30.7 Å². The minimum Gasteiger partial charge on any atom is -0.368 e. The van der Waals surface area contributed by atoms with Gasteiger partial charge in [-0.1, -0.05) is 31.4 Å². The van der Waals surface area contributed by atoms with E-state index in [0.29, 0.717) is 0 Å². The third-order valence-electron chi connectivity index (χ3n) is 5.11. The number of carbonyl (C=O) groups is 1. The molecule has 2 aliphatic rings. The molecule has 1 aromatic rings. The molecule has 0 spiro atoms. The second-order valence-corrected chi connectivity index (χ2v) is 6.84. The number of benzene rings is 1. The highest BCUT2D eigenvalue weighted by Crippen LogP contribution is 2.28. The molecule has 6 heteroatoms. The van der Waals surface area contributed by atoms with E-state index in [9.17, 15) is 4.79 Å². The third-order valence-corrected chi connectivity index (χ3v) is 5.11. The van der Waals surface area contributed by atoms with E-state index in [2.05, 4.69) is 36.1 Å². The summed E-state index contributed by atoms with van der Waals surface area (Å²) in [5, 5.41) is 0. The SMILES string of the molecule is Cc1cccc(N2CCN(C(=O)C3(N)CCCCC3)CC2)c1.Cl.Cl. The summed E-state index contributed by atoms with van der Waals surface area (Å²) >= 11 is 0. The van der Waals surface area contributed by atoms with E-state index >= 15 is 0 Å². The van der Waals surface area contributed by atoms with Crippen LogP contribution in [-0.2, 0) is 4.79 Å². The largest absolute Gasteiger partial charge is 0.368 e. The Labute approximate surface area is 157 Å². The first-order chi connectivity index (χ1) is 10.6. The van der Waals surface area contributed by atoms with Gasteiger partial charge in [0.25, 0.3) is 0 Å². The number of piperazine rings is 1. The highest BCUT2D eigenvalue weighted by molar-refractivity contribution is 5.86.